The van der Waals surface area contributed by atoms with Crippen molar-refractivity contribution in [3.05, 3.63) is 29.2 Å². The summed E-state index contributed by atoms with van der Waals surface area (Å²) >= 11 is 0. The lowest BCUT2D eigenvalue weighted by Crippen LogP contribution is -2.36. The summed E-state index contributed by atoms with van der Waals surface area (Å²) in [6.07, 6.45) is 3.21. The third kappa shape index (κ3) is 3.76. The maximum absolute atomic E-state index is 12.3. The van der Waals surface area contributed by atoms with Crippen molar-refractivity contribution in [2.24, 2.45) is 0 Å². The predicted octanol–water partition coefficient (Wildman–Crippen LogP) is 1.25. The zero-order chi connectivity index (χ0) is 18.7. The first-order valence-electron chi connectivity index (χ1n) is 8.88. The number of carbonyl (C=O) groups excluding carboxylic acids is 2. The number of nitrogens with one attached hydrogen (secondary N) is 1. The van der Waals surface area contributed by atoms with E-state index in [9.17, 15) is 9.59 Å². The molecule has 1 fully saturated rings. The molecule has 0 radical (unpaired) electrons. The normalized spacial score (nSPS) is 15.3. The Kier molecular flexibility index (Phi) is 5.34. The van der Waals surface area contributed by atoms with Gasteiger partial charge in [-0.25, -0.2) is 0 Å². The molecule has 9 heteroatoms. The van der Waals surface area contributed by atoms with Crippen molar-refractivity contribution in [2.75, 3.05) is 13.1 Å². The first-order chi connectivity index (χ1) is 12.5. The summed E-state index contributed by atoms with van der Waals surface area (Å²) in [4.78, 5) is 29.9. The molecule has 9 nitrogen and oxygen atoms in total. The minimum atomic E-state index is -0.211. The Labute approximate surface area is 151 Å². The SMILES string of the molecule is CCn1ncc(C(=O)NCc2nc(C3CCN(C(C)=O)CC3)no2)c1C. The second kappa shape index (κ2) is 7.67. The molecule has 1 saturated heterocycles. The Morgan fingerprint density at radius 1 is 1.35 bits per heavy atom. The third-order valence-corrected chi connectivity index (χ3v) is 4.84. The van der Waals surface area contributed by atoms with E-state index in [0.717, 1.165) is 18.5 Å². The highest BCUT2D eigenvalue weighted by Gasteiger charge is 2.25. The summed E-state index contributed by atoms with van der Waals surface area (Å²) in [6, 6.07) is 0. The van der Waals surface area contributed by atoms with E-state index >= 15 is 0 Å². The van der Waals surface area contributed by atoms with Crippen molar-refractivity contribution in [1.29, 1.82) is 0 Å². The largest absolute Gasteiger partial charge is 0.343 e. The van der Waals surface area contributed by atoms with Crippen LogP contribution in [0.4, 0.5) is 0 Å². The number of rotatable bonds is 5. The van der Waals surface area contributed by atoms with Crippen molar-refractivity contribution < 1.29 is 14.1 Å². The third-order valence-electron chi connectivity index (χ3n) is 4.84. The van der Waals surface area contributed by atoms with Gasteiger partial charge in [-0.2, -0.15) is 10.1 Å². The average molecular weight is 360 g/mol. The lowest BCUT2D eigenvalue weighted by Gasteiger charge is -2.29. The Balaban J connectivity index is 1.55. The number of hydrogen-bond acceptors (Lipinski definition) is 6. The van der Waals surface area contributed by atoms with Crippen LogP contribution >= 0.6 is 0 Å². The molecule has 1 aliphatic rings. The summed E-state index contributed by atoms with van der Waals surface area (Å²) in [5, 5.41) is 11.0. The Morgan fingerprint density at radius 2 is 2.08 bits per heavy atom. The van der Waals surface area contributed by atoms with E-state index < -0.39 is 0 Å². The molecule has 0 atom stereocenters. The van der Waals surface area contributed by atoms with Crippen molar-refractivity contribution in [3.63, 3.8) is 0 Å². The fourth-order valence-electron chi connectivity index (χ4n) is 3.20. The van der Waals surface area contributed by atoms with E-state index in [0.29, 0.717) is 36.9 Å². The molecule has 0 aliphatic carbocycles. The zero-order valence-corrected chi connectivity index (χ0v) is 15.4. The maximum atomic E-state index is 12.3. The second-order valence-corrected chi connectivity index (χ2v) is 6.47. The van der Waals surface area contributed by atoms with Gasteiger partial charge in [0.2, 0.25) is 11.8 Å². The standard InChI is InChI=1S/C17H24N6O3/c1-4-23-11(2)14(9-19-23)17(25)18-10-15-20-16(21-26-15)13-5-7-22(8-6-13)12(3)24/h9,13H,4-8,10H2,1-3H3,(H,18,25). The number of aryl methyl sites for hydroxylation is 1. The topological polar surface area (TPSA) is 106 Å². The van der Waals surface area contributed by atoms with E-state index in [-0.39, 0.29) is 24.3 Å². The summed E-state index contributed by atoms with van der Waals surface area (Å²) in [6.45, 7) is 7.74. The molecular weight excluding hydrogens is 336 g/mol. The van der Waals surface area contributed by atoms with Gasteiger partial charge < -0.3 is 14.7 Å². The van der Waals surface area contributed by atoms with Gasteiger partial charge in [0, 0.05) is 38.2 Å². The molecule has 2 amide bonds. The van der Waals surface area contributed by atoms with Gasteiger partial charge in [0.15, 0.2) is 5.82 Å². The van der Waals surface area contributed by atoms with Crippen LogP contribution < -0.4 is 5.32 Å². The number of hydrogen-bond donors (Lipinski definition) is 1. The van der Waals surface area contributed by atoms with Crippen LogP contribution in [0.3, 0.4) is 0 Å². The van der Waals surface area contributed by atoms with E-state index in [1.807, 2.05) is 18.7 Å². The van der Waals surface area contributed by atoms with Gasteiger partial charge in [0.05, 0.1) is 18.3 Å². The number of aromatic nitrogens is 4. The highest BCUT2D eigenvalue weighted by atomic mass is 16.5. The first-order valence-corrected chi connectivity index (χ1v) is 8.88. The molecule has 2 aromatic rings. The number of likely N-dealkylation sites (tertiary alicyclic amines) is 1. The molecule has 0 bridgehead atoms. The van der Waals surface area contributed by atoms with E-state index in [4.69, 9.17) is 4.52 Å². The van der Waals surface area contributed by atoms with Crippen molar-refractivity contribution in [3.8, 4) is 0 Å². The maximum Gasteiger partial charge on any atom is 0.255 e. The van der Waals surface area contributed by atoms with Gasteiger partial charge >= 0.3 is 0 Å². The minimum absolute atomic E-state index is 0.0988. The van der Waals surface area contributed by atoms with Crippen LogP contribution in [0.1, 0.15) is 60.4 Å². The van der Waals surface area contributed by atoms with E-state index in [1.165, 1.54) is 0 Å². The van der Waals surface area contributed by atoms with Crippen LogP contribution in [0.2, 0.25) is 0 Å². The van der Waals surface area contributed by atoms with Crippen molar-refractivity contribution in [2.45, 2.75) is 52.6 Å². The summed E-state index contributed by atoms with van der Waals surface area (Å²) in [5.74, 6) is 1.09. The lowest BCUT2D eigenvalue weighted by atomic mass is 9.96. The molecule has 26 heavy (non-hydrogen) atoms. The quantitative estimate of drug-likeness (QED) is 0.860. The Bertz CT molecular complexity index is 788. The molecule has 0 unspecified atom stereocenters. The van der Waals surface area contributed by atoms with E-state index in [2.05, 4.69) is 20.6 Å². The van der Waals surface area contributed by atoms with Crippen LogP contribution in [0.25, 0.3) is 0 Å². The zero-order valence-electron chi connectivity index (χ0n) is 15.4. The number of amides is 2. The van der Waals surface area contributed by atoms with Crippen LogP contribution in [-0.4, -0.2) is 49.7 Å². The monoisotopic (exact) mass is 360 g/mol. The molecule has 0 spiro atoms. The molecular formula is C17H24N6O3. The molecule has 1 aliphatic heterocycles. The van der Waals surface area contributed by atoms with Crippen LogP contribution in [0.15, 0.2) is 10.7 Å². The van der Waals surface area contributed by atoms with Crippen LogP contribution in [-0.2, 0) is 17.9 Å². The van der Waals surface area contributed by atoms with Gasteiger partial charge in [-0.3, -0.25) is 14.3 Å². The molecule has 0 aromatic carbocycles. The van der Waals surface area contributed by atoms with Crippen LogP contribution in [0, 0.1) is 6.92 Å². The summed E-state index contributed by atoms with van der Waals surface area (Å²) in [7, 11) is 0. The van der Waals surface area contributed by atoms with Gasteiger partial charge in [0.25, 0.3) is 5.91 Å². The first kappa shape index (κ1) is 18.1. The lowest BCUT2D eigenvalue weighted by molar-refractivity contribution is -0.129. The van der Waals surface area contributed by atoms with E-state index in [1.54, 1.807) is 17.8 Å². The fourth-order valence-corrected chi connectivity index (χ4v) is 3.20. The summed E-state index contributed by atoms with van der Waals surface area (Å²) < 4.78 is 7.03. The smallest absolute Gasteiger partial charge is 0.255 e. The van der Waals surface area contributed by atoms with Gasteiger partial charge in [-0.15, -0.1) is 0 Å². The molecule has 1 N–H and O–H groups in total. The second-order valence-electron chi connectivity index (χ2n) is 6.47. The Morgan fingerprint density at radius 3 is 2.69 bits per heavy atom. The van der Waals surface area contributed by atoms with Gasteiger partial charge in [-0.1, -0.05) is 5.16 Å². The van der Waals surface area contributed by atoms with Gasteiger partial charge in [-0.05, 0) is 26.7 Å². The Hall–Kier alpha value is -2.71. The molecule has 3 heterocycles. The summed E-state index contributed by atoms with van der Waals surface area (Å²) in [5.41, 5.74) is 1.37. The van der Waals surface area contributed by atoms with Gasteiger partial charge in [0.1, 0.15) is 0 Å². The number of nitrogens with zero attached hydrogens (tertiary/aromatic N) is 5. The molecule has 140 valence electrons. The fraction of sp³-hybridized carbons (Fsp3) is 0.588. The molecule has 0 saturated carbocycles. The average Bonchev–Trinajstić information content (AvgIpc) is 3.26. The minimum Gasteiger partial charge on any atom is -0.343 e. The number of piperidine rings is 1. The predicted molar refractivity (Wildman–Crippen MR) is 92.3 cm³/mol. The number of carbonyl (C=O) groups is 2. The molecule has 2 aromatic heterocycles. The van der Waals surface area contributed by atoms with Crippen LogP contribution in [0.5, 0.6) is 0 Å². The molecule has 3 rings (SSSR count). The highest BCUT2D eigenvalue weighted by Crippen LogP contribution is 2.25. The van der Waals surface area contributed by atoms with Crippen molar-refractivity contribution >= 4 is 11.8 Å². The van der Waals surface area contributed by atoms with Crippen molar-refractivity contribution in [1.82, 2.24) is 30.1 Å². The highest BCUT2D eigenvalue weighted by molar-refractivity contribution is 5.94.